The predicted octanol–water partition coefficient (Wildman–Crippen LogP) is 4.41. The van der Waals surface area contributed by atoms with Crippen molar-refractivity contribution in [3.8, 4) is 16.6 Å². The summed E-state index contributed by atoms with van der Waals surface area (Å²) in [6, 6.07) is 10.0. The molecule has 0 unspecified atom stereocenters. The molecular formula is C23H26N4O2S. The molecule has 6 nitrogen and oxygen atoms in total. The van der Waals surface area contributed by atoms with Crippen LogP contribution in [0.1, 0.15) is 53.5 Å². The number of ether oxygens (including phenoxy) is 1. The van der Waals surface area contributed by atoms with Crippen molar-refractivity contribution in [1.82, 2.24) is 20.3 Å². The molecule has 156 valence electrons. The average molecular weight is 423 g/mol. The second-order valence-corrected chi connectivity index (χ2v) is 8.62. The van der Waals surface area contributed by atoms with Gasteiger partial charge in [-0.15, -0.1) is 11.3 Å². The molecule has 2 aromatic heterocycles. The van der Waals surface area contributed by atoms with Gasteiger partial charge in [-0.2, -0.15) is 0 Å². The molecule has 0 radical (unpaired) electrons. The molecule has 0 bridgehead atoms. The summed E-state index contributed by atoms with van der Waals surface area (Å²) in [5.41, 5.74) is 2.04. The Morgan fingerprint density at radius 3 is 2.50 bits per heavy atom. The van der Waals surface area contributed by atoms with Gasteiger partial charge in [0.25, 0.3) is 5.91 Å². The van der Waals surface area contributed by atoms with Crippen LogP contribution in [0.15, 0.2) is 42.7 Å². The van der Waals surface area contributed by atoms with Crippen molar-refractivity contribution in [2.75, 3.05) is 13.7 Å². The van der Waals surface area contributed by atoms with Gasteiger partial charge in [0.1, 0.15) is 10.6 Å². The lowest BCUT2D eigenvalue weighted by Crippen LogP contribution is -2.39. The second kappa shape index (κ2) is 8.92. The maximum atomic E-state index is 13.1. The minimum Gasteiger partial charge on any atom is -0.497 e. The third-order valence-electron chi connectivity index (χ3n) is 5.85. The van der Waals surface area contributed by atoms with Gasteiger partial charge in [-0.25, -0.2) is 15.0 Å². The molecule has 4 rings (SSSR count). The number of thiazole rings is 1. The van der Waals surface area contributed by atoms with Gasteiger partial charge < -0.3 is 10.1 Å². The molecule has 2 heterocycles. The van der Waals surface area contributed by atoms with E-state index in [4.69, 9.17) is 4.74 Å². The molecule has 0 spiro atoms. The fourth-order valence-corrected chi connectivity index (χ4v) is 5.19. The number of methoxy groups -OCH3 is 1. The SMILES string of the molecule is CCc1nc(-c2ncccn2)sc1C(=O)NCC1(c2ccc(OC)cc2)CCCC1. The van der Waals surface area contributed by atoms with Crippen molar-refractivity contribution < 1.29 is 9.53 Å². The van der Waals surface area contributed by atoms with E-state index in [2.05, 4.69) is 32.4 Å². The fourth-order valence-electron chi connectivity index (χ4n) is 4.17. The maximum absolute atomic E-state index is 13.1. The molecule has 3 aromatic rings. The van der Waals surface area contributed by atoms with Crippen LogP contribution in [0, 0.1) is 0 Å². The zero-order chi connectivity index (χ0) is 21.0. The minimum atomic E-state index is -0.0636. The number of nitrogens with one attached hydrogen (secondary N) is 1. The number of aromatic nitrogens is 3. The van der Waals surface area contributed by atoms with E-state index >= 15 is 0 Å². The molecule has 0 atom stereocenters. The third-order valence-corrected chi connectivity index (χ3v) is 6.94. The zero-order valence-corrected chi connectivity index (χ0v) is 18.2. The molecule has 1 N–H and O–H groups in total. The normalized spacial score (nSPS) is 15.1. The monoisotopic (exact) mass is 422 g/mol. The Morgan fingerprint density at radius 1 is 1.17 bits per heavy atom. The smallest absolute Gasteiger partial charge is 0.263 e. The Hall–Kier alpha value is -2.80. The maximum Gasteiger partial charge on any atom is 0.263 e. The molecule has 1 aromatic carbocycles. The number of hydrogen-bond donors (Lipinski definition) is 1. The Balaban J connectivity index is 1.53. The average Bonchev–Trinajstić information content (AvgIpc) is 3.46. The lowest BCUT2D eigenvalue weighted by atomic mass is 9.78. The molecule has 7 heteroatoms. The largest absolute Gasteiger partial charge is 0.497 e. The van der Waals surface area contributed by atoms with E-state index in [0.29, 0.717) is 28.7 Å². The van der Waals surface area contributed by atoms with Crippen molar-refractivity contribution in [2.24, 2.45) is 0 Å². The summed E-state index contributed by atoms with van der Waals surface area (Å²) in [6.07, 6.45) is 8.58. The highest BCUT2D eigenvalue weighted by Gasteiger charge is 2.36. The quantitative estimate of drug-likeness (QED) is 0.610. The summed E-state index contributed by atoms with van der Waals surface area (Å²) in [5.74, 6) is 1.34. The van der Waals surface area contributed by atoms with E-state index in [9.17, 15) is 4.79 Å². The van der Waals surface area contributed by atoms with Gasteiger partial charge in [0.15, 0.2) is 10.8 Å². The Bertz CT molecular complexity index is 996. The zero-order valence-electron chi connectivity index (χ0n) is 17.4. The number of amides is 1. The first-order chi connectivity index (χ1) is 14.6. The van der Waals surface area contributed by atoms with Crippen LogP contribution in [-0.4, -0.2) is 34.5 Å². The van der Waals surface area contributed by atoms with E-state index in [-0.39, 0.29) is 11.3 Å². The number of benzene rings is 1. The van der Waals surface area contributed by atoms with Crippen LogP contribution >= 0.6 is 11.3 Å². The molecule has 1 amide bonds. The highest BCUT2D eigenvalue weighted by molar-refractivity contribution is 7.17. The summed E-state index contributed by atoms with van der Waals surface area (Å²) in [7, 11) is 1.68. The number of hydrogen-bond acceptors (Lipinski definition) is 6. The first-order valence-corrected chi connectivity index (χ1v) is 11.2. The van der Waals surface area contributed by atoms with Crippen LogP contribution in [0.4, 0.5) is 0 Å². The van der Waals surface area contributed by atoms with E-state index in [0.717, 1.165) is 24.3 Å². The van der Waals surface area contributed by atoms with E-state index < -0.39 is 0 Å². The van der Waals surface area contributed by atoms with Gasteiger partial charge in [-0.05, 0) is 43.0 Å². The molecule has 30 heavy (non-hydrogen) atoms. The van der Waals surface area contributed by atoms with E-state index in [1.165, 1.54) is 29.7 Å². The van der Waals surface area contributed by atoms with Crippen LogP contribution in [0.5, 0.6) is 5.75 Å². The first kappa shape index (κ1) is 20.5. The van der Waals surface area contributed by atoms with Crippen molar-refractivity contribution in [3.05, 3.63) is 58.9 Å². The molecule has 1 fully saturated rings. The standard InChI is InChI=1S/C23H26N4O2S/c1-3-18-19(30-22(27-18)20-24-13-6-14-25-20)21(28)26-15-23(11-4-5-12-23)16-7-9-17(29-2)10-8-16/h6-10,13-14H,3-5,11-12,15H2,1-2H3,(H,26,28). The van der Waals surface area contributed by atoms with Crippen molar-refractivity contribution in [2.45, 2.75) is 44.4 Å². The Morgan fingerprint density at radius 2 is 1.87 bits per heavy atom. The molecule has 0 saturated heterocycles. The molecule has 1 aliphatic carbocycles. The summed E-state index contributed by atoms with van der Waals surface area (Å²) in [6.45, 7) is 2.63. The number of nitrogens with zero attached hydrogens (tertiary/aromatic N) is 3. The summed E-state index contributed by atoms with van der Waals surface area (Å²) < 4.78 is 5.30. The third kappa shape index (κ3) is 4.07. The van der Waals surface area contributed by atoms with E-state index in [1.54, 1.807) is 25.6 Å². The molecule has 1 aliphatic rings. The van der Waals surface area contributed by atoms with Crippen molar-refractivity contribution in [1.29, 1.82) is 0 Å². The van der Waals surface area contributed by atoms with Crippen LogP contribution in [0.25, 0.3) is 10.8 Å². The lowest BCUT2D eigenvalue weighted by Gasteiger charge is -2.30. The summed E-state index contributed by atoms with van der Waals surface area (Å²) >= 11 is 1.36. The fraction of sp³-hybridized carbons (Fsp3) is 0.391. The second-order valence-electron chi connectivity index (χ2n) is 7.62. The van der Waals surface area contributed by atoms with Crippen LogP contribution in [-0.2, 0) is 11.8 Å². The molecule has 1 saturated carbocycles. The Kier molecular flexibility index (Phi) is 6.08. The van der Waals surface area contributed by atoms with E-state index in [1.807, 2.05) is 19.1 Å². The van der Waals surface area contributed by atoms with Gasteiger partial charge in [0.05, 0.1) is 12.8 Å². The van der Waals surface area contributed by atoms with Crippen LogP contribution in [0.3, 0.4) is 0 Å². The summed E-state index contributed by atoms with van der Waals surface area (Å²) in [4.78, 5) is 26.9. The van der Waals surface area contributed by atoms with Crippen LogP contribution < -0.4 is 10.1 Å². The first-order valence-electron chi connectivity index (χ1n) is 10.3. The minimum absolute atomic E-state index is 0.0234. The predicted molar refractivity (Wildman–Crippen MR) is 118 cm³/mol. The number of carbonyl (C=O) groups excluding carboxylic acids is 1. The molecular weight excluding hydrogens is 396 g/mol. The van der Waals surface area contributed by atoms with Gasteiger partial charge >= 0.3 is 0 Å². The highest BCUT2D eigenvalue weighted by atomic mass is 32.1. The topological polar surface area (TPSA) is 77.0 Å². The van der Waals surface area contributed by atoms with Gasteiger partial charge in [0, 0.05) is 24.4 Å². The highest BCUT2D eigenvalue weighted by Crippen LogP contribution is 2.41. The number of carbonyl (C=O) groups is 1. The number of aryl methyl sites for hydroxylation is 1. The van der Waals surface area contributed by atoms with Crippen molar-refractivity contribution >= 4 is 17.2 Å². The van der Waals surface area contributed by atoms with Gasteiger partial charge in [0.2, 0.25) is 0 Å². The molecule has 0 aliphatic heterocycles. The number of rotatable bonds is 7. The van der Waals surface area contributed by atoms with Gasteiger partial charge in [-0.3, -0.25) is 4.79 Å². The van der Waals surface area contributed by atoms with Crippen LogP contribution in [0.2, 0.25) is 0 Å². The van der Waals surface area contributed by atoms with Crippen molar-refractivity contribution in [3.63, 3.8) is 0 Å². The summed E-state index contributed by atoms with van der Waals surface area (Å²) in [5, 5.41) is 3.89. The van der Waals surface area contributed by atoms with Gasteiger partial charge in [-0.1, -0.05) is 31.9 Å². The lowest BCUT2D eigenvalue weighted by molar-refractivity contribution is 0.0946. The Labute approximate surface area is 180 Å².